The second-order valence-electron chi connectivity index (χ2n) is 11.7. The number of hydrogen-bond donors (Lipinski definition) is 3. The molecule has 0 radical (unpaired) electrons. The van der Waals surface area contributed by atoms with E-state index in [2.05, 4.69) is 20.9 Å². The number of aromatic nitrogens is 1. The molecule has 3 N–H and O–H groups in total. The Labute approximate surface area is 253 Å². The minimum absolute atomic E-state index is 0.00415. The van der Waals surface area contributed by atoms with E-state index >= 15 is 0 Å². The molecule has 10 nitrogen and oxygen atoms in total. The second-order valence-corrected chi connectivity index (χ2v) is 12.7. The number of anilines is 3. The first kappa shape index (κ1) is 28.5. The Bertz CT molecular complexity index is 1660. The molecule has 1 aliphatic carbocycles. The van der Waals surface area contributed by atoms with Gasteiger partial charge in [0.1, 0.15) is 26.8 Å². The summed E-state index contributed by atoms with van der Waals surface area (Å²) < 4.78 is 11.3. The number of nitrogens with zero attached hydrogens (tertiary/aromatic N) is 2. The van der Waals surface area contributed by atoms with Crippen molar-refractivity contribution in [2.45, 2.75) is 64.1 Å². The Morgan fingerprint density at radius 1 is 0.930 bits per heavy atom. The summed E-state index contributed by atoms with van der Waals surface area (Å²) in [6, 6.07) is 18.1. The monoisotopic (exact) mass is 599 g/mol. The summed E-state index contributed by atoms with van der Waals surface area (Å²) in [5, 5.41) is 9.73. The molecule has 6 rings (SSSR count). The Kier molecular flexibility index (Phi) is 7.66. The fourth-order valence-corrected chi connectivity index (χ4v) is 6.42. The molecular formula is C32H33N5O5S. The third-order valence-electron chi connectivity index (χ3n) is 7.31. The molecule has 0 unspecified atom stereocenters. The van der Waals surface area contributed by atoms with Gasteiger partial charge in [-0.3, -0.25) is 9.69 Å². The number of nitrogens with one attached hydrogen (secondary N) is 3. The predicted molar refractivity (Wildman–Crippen MR) is 167 cm³/mol. The molecular weight excluding hydrogens is 566 g/mol. The molecule has 2 aliphatic rings. The number of amides is 4. The minimum atomic E-state index is -0.553. The minimum Gasteiger partial charge on any atom is -0.457 e. The van der Waals surface area contributed by atoms with Gasteiger partial charge in [-0.1, -0.05) is 18.2 Å². The van der Waals surface area contributed by atoms with Crippen molar-refractivity contribution in [2.24, 2.45) is 0 Å². The van der Waals surface area contributed by atoms with E-state index in [1.165, 1.54) is 11.3 Å². The van der Waals surface area contributed by atoms with E-state index < -0.39 is 11.7 Å². The maximum atomic E-state index is 13.5. The van der Waals surface area contributed by atoms with Gasteiger partial charge in [0.05, 0.1) is 22.4 Å². The van der Waals surface area contributed by atoms with Crippen LogP contribution in [0.1, 0.15) is 56.1 Å². The molecule has 1 aliphatic heterocycles. The topological polar surface area (TPSA) is 122 Å². The van der Waals surface area contributed by atoms with Crippen molar-refractivity contribution < 1.29 is 23.9 Å². The number of para-hydroxylation sites is 1. The summed E-state index contributed by atoms with van der Waals surface area (Å²) in [4.78, 5) is 46.2. The predicted octanol–water partition coefficient (Wildman–Crippen LogP) is 7.34. The van der Waals surface area contributed by atoms with Crippen LogP contribution in [-0.4, -0.2) is 40.7 Å². The number of pyridine rings is 1. The summed E-state index contributed by atoms with van der Waals surface area (Å²) in [7, 11) is 0. The number of rotatable bonds is 6. The number of benzene rings is 2. The van der Waals surface area contributed by atoms with Crippen molar-refractivity contribution in [1.29, 1.82) is 0 Å². The van der Waals surface area contributed by atoms with Gasteiger partial charge in [0.15, 0.2) is 0 Å². The molecule has 0 spiro atoms. The summed E-state index contributed by atoms with van der Waals surface area (Å²) >= 11 is 1.26. The zero-order valence-corrected chi connectivity index (χ0v) is 25.0. The van der Waals surface area contributed by atoms with Crippen molar-refractivity contribution in [2.75, 3.05) is 10.2 Å². The number of thiophene rings is 1. The SMILES string of the molecule is CC(C)(C)OC(=O)N[C@H]1CC[C@@H](NC(=O)c2sc3nccc4c3c2NC(=O)N4c2ccc(Oc3ccccc3)cc2)CC1. The fourth-order valence-electron chi connectivity index (χ4n) is 5.40. The Morgan fingerprint density at radius 3 is 2.26 bits per heavy atom. The molecule has 0 saturated heterocycles. The number of carbonyl (C=O) groups is 3. The summed E-state index contributed by atoms with van der Waals surface area (Å²) in [6.07, 6.45) is 4.14. The number of urea groups is 1. The number of alkyl carbamates (subject to hydrolysis) is 1. The molecule has 2 aromatic carbocycles. The average molecular weight is 600 g/mol. The molecule has 222 valence electrons. The van der Waals surface area contributed by atoms with Crippen LogP contribution >= 0.6 is 11.3 Å². The van der Waals surface area contributed by atoms with E-state index in [0.29, 0.717) is 32.5 Å². The Morgan fingerprint density at radius 2 is 1.58 bits per heavy atom. The average Bonchev–Trinajstić information content (AvgIpc) is 3.34. The standard InChI is InChI=1S/C32H33N5O5S/c1-32(2,3)42-31(40)35-20-11-9-19(10-12-20)34-28(38)27-26-25-24(17-18-33-29(25)43-27)37(30(39)36-26)21-13-15-23(16-14-21)41-22-7-5-4-6-8-22/h4-8,13-20H,9-12H2,1-3H3,(H,34,38)(H,35,40)(H,36,39)/t19-,20+. The smallest absolute Gasteiger partial charge is 0.407 e. The van der Waals surface area contributed by atoms with Gasteiger partial charge in [-0.05, 0) is 88.9 Å². The lowest BCUT2D eigenvalue weighted by Gasteiger charge is -2.31. The summed E-state index contributed by atoms with van der Waals surface area (Å²) in [5.74, 6) is 1.13. The van der Waals surface area contributed by atoms with E-state index in [-0.39, 0.29) is 24.0 Å². The van der Waals surface area contributed by atoms with Crippen molar-refractivity contribution in [1.82, 2.24) is 15.6 Å². The second kappa shape index (κ2) is 11.6. The normalized spacial score (nSPS) is 18.1. The lowest BCUT2D eigenvalue weighted by molar-refractivity contribution is 0.0488. The third kappa shape index (κ3) is 6.26. The quantitative estimate of drug-likeness (QED) is 0.213. The zero-order valence-electron chi connectivity index (χ0n) is 24.2. The van der Waals surface area contributed by atoms with Crippen LogP contribution in [0.25, 0.3) is 10.2 Å². The van der Waals surface area contributed by atoms with Crippen molar-refractivity contribution in [3.05, 3.63) is 71.7 Å². The lowest BCUT2D eigenvalue weighted by Crippen LogP contribution is -2.45. The summed E-state index contributed by atoms with van der Waals surface area (Å²) in [5.41, 5.74) is 1.24. The van der Waals surface area contributed by atoms with Crippen LogP contribution < -0.4 is 25.6 Å². The summed E-state index contributed by atoms with van der Waals surface area (Å²) in [6.45, 7) is 5.50. The number of hydrogen-bond acceptors (Lipinski definition) is 7. The van der Waals surface area contributed by atoms with Gasteiger partial charge in [0.2, 0.25) is 0 Å². The molecule has 1 fully saturated rings. The van der Waals surface area contributed by atoms with Crippen LogP contribution in [-0.2, 0) is 4.74 Å². The molecule has 2 aromatic heterocycles. The fraction of sp³-hybridized carbons (Fsp3) is 0.312. The highest BCUT2D eigenvalue weighted by atomic mass is 32.1. The van der Waals surface area contributed by atoms with Gasteiger partial charge in [0, 0.05) is 18.3 Å². The van der Waals surface area contributed by atoms with Crippen LogP contribution in [0.2, 0.25) is 0 Å². The highest BCUT2D eigenvalue weighted by Gasteiger charge is 2.34. The van der Waals surface area contributed by atoms with E-state index in [4.69, 9.17) is 9.47 Å². The van der Waals surface area contributed by atoms with Crippen LogP contribution in [0.3, 0.4) is 0 Å². The van der Waals surface area contributed by atoms with Gasteiger partial charge in [-0.15, -0.1) is 11.3 Å². The van der Waals surface area contributed by atoms with Gasteiger partial charge in [-0.2, -0.15) is 0 Å². The van der Waals surface area contributed by atoms with E-state index in [1.807, 2.05) is 75.4 Å². The third-order valence-corrected chi connectivity index (χ3v) is 8.41. The van der Waals surface area contributed by atoms with Crippen molar-refractivity contribution in [3.8, 4) is 11.5 Å². The van der Waals surface area contributed by atoms with Crippen LogP contribution in [0.15, 0.2) is 66.9 Å². The molecule has 4 aromatic rings. The van der Waals surface area contributed by atoms with Crippen LogP contribution in [0.5, 0.6) is 11.5 Å². The van der Waals surface area contributed by atoms with Crippen molar-refractivity contribution >= 4 is 56.6 Å². The Balaban J connectivity index is 1.15. The van der Waals surface area contributed by atoms with E-state index in [0.717, 1.165) is 36.8 Å². The molecule has 3 heterocycles. The number of ether oxygens (including phenoxy) is 2. The van der Waals surface area contributed by atoms with Crippen LogP contribution in [0, 0.1) is 0 Å². The maximum Gasteiger partial charge on any atom is 0.407 e. The highest BCUT2D eigenvalue weighted by Crippen LogP contribution is 2.46. The van der Waals surface area contributed by atoms with Gasteiger partial charge < -0.3 is 25.4 Å². The molecule has 0 bridgehead atoms. The molecule has 1 saturated carbocycles. The molecule has 4 amide bonds. The molecule has 0 atom stereocenters. The van der Waals surface area contributed by atoms with Gasteiger partial charge >= 0.3 is 12.1 Å². The van der Waals surface area contributed by atoms with E-state index in [1.54, 1.807) is 17.2 Å². The molecule has 11 heteroatoms. The largest absolute Gasteiger partial charge is 0.457 e. The van der Waals surface area contributed by atoms with Crippen molar-refractivity contribution in [3.63, 3.8) is 0 Å². The maximum absolute atomic E-state index is 13.5. The first-order valence-electron chi connectivity index (χ1n) is 14.3. The van der Waals surface area contributed by atoms with Gasteiger partial charge in [0.25, 0.3) is 5.91 Å². The first-order valence-corrected chi connectivity index (χ1v) is 15.1. The zero-order chi connectivity index (χ0) is 30.1. The van der Waals surface area contributed by atoms with Crippen LogP contribution in [0.4, 0.5) is 26.7 Å². The number of carbonyl (C=O) groups excluding carboxylic acids is 3. The van der Waals surface area contributed by atoms with Gasteiger partial charge in [-0.25, -0.2) is 14.6 Å². The highest BCUT2D eigenvalue weighted by molar-refractivity contribution is 7.21. The molecule has 43 heavy (non-hydrogen) atoms. The Hall–Kier alpha value is -4.64. The first-order chi connectivity index (χ1) is 20.6. The van der Waals surface area contributed by atoms with E-state index in [9.17, 15) is 14.4 Å². The lowest BCUT2D eigenvalue weighted by atomic mass is 9.91.